The SMILES string of the molecule is O=C(Cn1[nH]c(=O)ccc1=O)N1C2CCC1CC(O)C2. The first-order chi connectivity index (χ1) is 9.54. The Bertz CT molecular complexity index is 621. The fraction of sp³-hybridized carbons (Fsp3) is 0.615. The van der Waals surface area contributed by atoms with Crippen LogP contribution < -0.4 is 11.1 Å². The molecule has 0 saturated carbocycles. The van der Waals surface area contributed by atoms with Crippen molar-refractivity contribution in [2.24, 2.45) is 0 Å². The number of nitrogens with one attached hydrogen (secondary N) is 1. The largest absolute Gasteiger partial charge is 0.393 e. The first-order valence-electron chi connectivity index (χ1n) is 6.84. The number of hydrogen-bond acceptors (Lipinski definition) is 4. The van der Waals surface area contributed by atoms with Gasteiger partial charge in [-0.3, -0.25) is 19.5 Å². The fourth-order valence-electron chi connectivity index (χ4n) is 3.35. The summed E-state index contributed by atoms with van der Waals surface area (Å²) in [5.74, 6) is -0.173. The van der Waals surface area contributed by atoms with Crippen molar-refractivity contribution in [2.75, 3.05) is 0 Å². The highest BCUT2D eigenvalue weighted by Crippen LogP contribution is 2.35. The zero-order valence-electron chi connectivity index (χ0n) is 11.0. The molecule has 1 amide bonds. The summed E-state index contributed by atoms with van der Waals surface area (Å²) in [7, 11) is 0. The summed E-state index contributed by atoms with van der Waals surface area (Å²) in [6, 6.07) is 2.41. The predicted octanol–water partition coefficient (Wildman–Crippen LogP) is -0.949. The lowest BCUT2D eigenvalue weighted by atomic mass is 10.00. The van der Waals surface area contributed by atoms with Gasteiger partial charge >= 0.3 is 0 Å². The minimum Gasteiger partial charge on any atom is -0.393 e. The molecule has 2 saturated heterocycles. The fourth-order valence-corrected chi connectivity index (χ4v) is 3.35. The van der Waals surface area contributed by atoms with Crippen LogP contribution in [-0.2, 0) is 11.3 Å². The number of nitrogens with zero attached hydrogens (tertiary/aromatic N) is 2. The zero-order chi connectivity index (χ0) is 14.3. The number of aromatic amines is 1. The van der Waals surface area contributed by atoms with Crippen molar-refractivity contribution in [2.45, 2.75) is 50.4 Å². The van der Waals surface area contributed by atoms with Crippen LogP contribution in [0, 0.1) is 0 Å². The number of carbonyl (C=O) groups is 1. The average molecular weight is 279 g/mol. The molecule has 2 unspecified atom stereocenters. The number of H-pyrrole nitrogens is 1. The summed E-state index contributed by atoms with van der Waals surface area (Å²) in [4.78, 5) is 37.0. The lowest BCUT2D eigenvalue weighted by Crippen LogP contribution is -2.50. The Morgan fingerprint density at radius 3 is 2.55 bits per heavy atom. The van der Waals surface area contributed by atoms with Crippen molar-refractivity contribution in [3.8, 4) is 0 Å². The van der Waals surface area contributed by atoms with Crippen LogP contribution >= 0.6 is 0 Å². The number of aliphatic hydroxyl groups excluding tert-OH is 1. The van der Waals surface area contributed by atoms with E-state index in [1.165, 1.54) is 0 Å². The second kappa shape index (κ2) is 4.90. The molecule has 2 N–H and O–H groups in total. The molecule has 0 spiro atoms. The molecule has 2 aliphatic heterocycles. The number of aliphatic hydroxyl groups is 1. The quantitative estimate of drug-likeness (QED) is 0.729. The molecule has 7 nitrogen and oxygen atoms in total. The van der Waals surface area contributed by atoms with Crippen LogP contribution in [0.5, 0.6) is 0 Å². The van der Waals surface area contributed by atoms with Crippen molar-refractivity contribution < 1.29 is 9.90 Å². The summed E-state index contributed by atoms with van der Waals surface area (Å²) >= 11 is 0. The number of carbonyl (C=O) groups excluding carboxylic acids is 1. The van der Waals surface area contributed by atoms with Gasteiger partial charge in [-0.2, -0.15) is 0 Å². The second-order valence-corrected chi connectivity index (χ2v) is 5.55. The van der Waals surface area contributed by atoms with Gasteiger partial charge in [-0.05, 0) is 25.7 Å². The average Bonchev–Trinajstić information content (AvgIpc) is 2.66. The topological polar surface area (TPSA) is 95.4 Å². The van der Waals surface area contributed by atoms with E-state index < -0.39 is 11.1 Å². The standard InChI is InChI=1S/C13H17N3O4/c17-10-5-8-1-2-9(6-10)16(8)13(20)7-15-12(19)4-3-11(18)14-15/h3-4,8-10,17H,1-2,5-7H2,(H,14,18). The summed E-state index contributed by atoms with van der Waals surface area (Å²) in [6.45, 7) is -0.155. The minimum atomic E-state index is -0.408. The number of rotatable bonds is 2. The smallest absolute Gasteiger partial charge is 0.265 e. The van der Waals surface area contributed by atoms with Crippen LogP contribution in [-0.4, -0.2) is 43.9 Å². The Kier molecular flexibility index (Phi) is 3.21. The van der Waals surface area contributed by atoms with E-state index in [0.29, 0.717) is 12.8 Å². The highest BCUT2D eigenvalue weighted by molar-refractivity contribution is 5.77. The Balaban J connectivity index is 1.79. The molecule has 1 aromatic rings. The van der Waals surface area contributed by atoms with E-state index in [-0.39, 0.29) is 30.6 Å². The third kappa shape index (κ3) is 2.29. The van der Waals surface area contributed by atoms with Crippen molar-refractivity contribution in [3.63, 3.8) is 0 Å². The maximum atomic E-state index is 12.4. The van der Waals surface area contributed by atoms with Gasteiger partial charge in [0.2, 0.25) is 5.91 Å². The third-order valence-electron chi connectivity index (χ3n) is 4.18. The van der Waals surface area contributed by atoms with Gasteiger partial charge in [0.15, 0.2) is 0 Å². The number of fused-ring (bicyclic) bond motifs is 2. The maximum absolute atomic E-state index is 12.4. The molecule has 0 aliphatic carbocycles. The molecule has 3 heterocycles. The van der Waals surface area contributed by atoms with Crippen LogP contribution in [0.3, 0.4) is 0 Å². The van der Waals surface area contributed by atoms with Crippen LogP contribution in [0.25, 0.3) is 0 Å². The Hall–Kier alpha value is -1.89. The zero-order valence-corrected chi connectivity index (χ0v) is 11.0. The van der Waals surface area contributed by atoms with Gasteiger partial charge in [-0.15, -0.1) is 0 Å². The molecule has 20 heavy (non-hydrogen) atoms. The summed E-state index contributed by atoms with van der Waals surface area (Å²) in [5, 5.41) is 12.1. The van der Waals surface area contributed by atoms with Crippen LogP contribution in [0.1, 0.15) is 25.7 Å². The number of aromatic nitrogens is 2. The van der Waals surface area contributed by atoms with Gasteiger partial charge in [0.05, 0.1) is 6.10 Å². The molecule has 0 radical (unpaired) electrons. The minimum absolute atomic E-state index is 0.0578. The molecule has 2 bridgehead atoms. The van der Waals surface area contributed by atoms with Crippen molar-refractivity contribution in [3.05, 3.63) is 32.8 Å². The van der Waals surface area contributed by atoms with Crippen molar-refractivity contribution >= 4 is 5.91 Å². The number of piperidine rings is 1. The van der Waals surface area contributed by atoms with E-state index in [1.807, 2.05) is 0 Å². The van der Waals surface area contributed by atoms with Crippen LogP contribution in [0.4, 0.5) is 0 Å². The lowest BCUT2D eigenvalue weighted by Gasteiger charge is -2.37. The number of amides is 1. The number of hydrogen-bond donors (Lipinski definition) is 2. The second-order valence-electron chi connectivity index (χ2n) is 5.55. The Morgan fingerprint density at radius 1 is 1.25 bits per heavy atom. The molecule has 0 aromatic carbocycles. The first-order valence-corrected chi connectivity index (χ1v) is 6.84. The van der Waals surface area contributed by atoms with Gasteiger partial charge in [-0.1, -0.05) is 0 Å². The lowest BCUT2D eigenvalue weighted by molar-refractivity contribution is -0.138. The molecule has 2 aliphatic rings. The van der Waals surface area contributed by atoms with Crippen molar-refractivity contribution in [1.82, 2.24) is 14.7 Å². The molecular formula is C13H17N3O4. The first kappa shape index (κ1) is 13.1. The summed E-state index contributed by atoms with van der Waals surface area (Å²) in [5.41, 5.74) is -0.809. The highest BCUT2D eigenvalue weighted by Gasteiger charge is 2.42. The molecule has 2 fully saturated rings. The van der Waals surface area contributed by atoms with Gasteiger partial charge < -0.3 is 10.0 Å². The third-order valence-corrected chi connectivity index (χ3v) is 4.18. The van der Waals surface area contributed by atoms with Gasteiger partial charge in [0.1, 0.15) is 6.54 Å². The molecule has 7 heteroatoms. The Labute approximate surface area is 114 Å². The normalized spacial score (nSPS) is 28.6. The predicted molar refractivity (Wildman–Crippen MR) is 70.2 cm³/mol. The highest BCUT2D eigenvalue weighted by atomic mass is 16.3. The van der Waals surface area contributed by atoms with E-state index in [9.17, 15) is 19.5 Å². The van der Waals surface area contributed by atoms with E-state index in [0.717, 1.165) is 29.7 Å². The van der Waals surface area contributed by atoms with E-state index in [1.54, 1.807) is 4.90 Å². The Morgan fingerprint density at radius 2 is 1.90 bits per heavy atom. The molecule has 108 valence electrons. The molecular weight excluding hydrogens is 262 g/mol. The van der Waals surface area contributed by atoms with Crippen LogP contribution in [0.2, 0.25) is 0 Å². The van der Waals surface area contributed by atoms with Gasteiger partial charge in [0, 0.05) is 24.2 Å². The van der Waals surface area contributed by atoms with Crippen LogP contribution in [0.15, 0.2) is 21.7 Å². The van der Waals surface area contributed by atoms with E-state index >= 15 is 0 Å². The monoisotopic (exact) mass is 279 g/mol. The van der Waals surface area contributed by atoms with Crippen molar-refractivity contribution in [1.29, 1.82) is 0 Å². The summed E-state index contributed by atoms with van der Waals surface area (Å²) < 4.78 is 1.04. The van der Waals surface area contributed by atoms with Gasteiger partial charge in [0.25, 0.3) is 11.1 Å². The molecule has 3 rings (SSSR count). The van der Waals surface area contributed by atoms with E-state index in [4.69, 9.17) is 0 Å². The maximum Gasteiger partial charge on any atom is 0.265 e. The summed E-state index contributed by atoms with van der Waals surface area (Å²) in [6.07, 6.45) is 2.66. The molecule has 2 atom stereocenters. The van der Waals surface area contributed by atoms with Gasteiger partial charge in [-0.25, -0.2) is 4.68 Å². The molecule has 1 aromatic heterocycles. The van der Waals surface area contributed by atoms with E-state index in [2.05, 4.69) is 5.10 Å².